The summed E-state index contributed by atoms with van der Waals surface area (Å²) in [5.41, 5.74) is 8.69. The molecule has 0 unspecified atom stereocenters. The molecule has 1 aromatic rings. The SMILES string of the molecule is CC(C)(N)Cc1ccc(CN2CCCCC2)cc1. The minimum Gasteiger partial charge on any atom is -0.325 e. The van der Waals surface area contributed by atoms with Crippen molar-refractivity contribution >= 4 is 0 Å². The summed E-state index contributed by atoms with van der Waals surface area (Å²) in [5.74, 6) is 0. The number of hydrogen-bond acceptors (Lipinski definition) is 2. The van der Waals surface area contributed by atoms with E-state index >= 15 is 0 Å². The van der Waals surface area contributed by atoms with E-state index in [1.165, 1.54) is 43.5 Å². The molecular formula is C16H26N2. The molecule has 1 heterocycles. The monoisotopic (exact) mass is 246 g/mol. The molecule has 0 atom stereocenters. The molecule has 0 radical (unpaired) electrons. The second-order valence-electron chi connectivity index (χ2n) is 6.32. The summed E-state index contributed by atoms with van der Waals surface area (Å²) < 4.78 is 0. The van der Waals surface area contributed by atoms with E-state index in [0.29, 0.717) is 0 Å². The Hall–Kier alpha value is -0.860. The summed E-state index contributed by atoms with van der Waals surface area (Å²) in [6.07, 6.45) is 5.07. The quantitative estimate of drug-likeness (QED) is 0.885. The smallest absolute Gasteiger partial charge is 0.0233 e. The Morgan fingerprint density at radius 1 is 1.00 bits per heavy atom. The first-order valence-corrected chi connectivity index (χ1v) is 7.12. The minimum absolute atomic E-state index is 0.117. The lowest BCUT2D eigenvalue weighted by atomic mass is 9.95. The average Bonchev–Trinajstić information content (AvgIpc) is 2.31. The summed E-state index contributed by atoms with van der Waals surface area (Å²) in [6, 6.07) is 8.98. The molecule has 1 aromatic carbocycles. The lowest BCUT2D eigenvalue weighted by Crippen LogP contribution is -2.34. The van der Waals surface area contributed by atoms with Gasteiger partial charge in [-0.1, -0.05) is 30.7 Å². The molecule has 2 nitrogen and oxygen atoms in total. The average molecular weight is 246 g/mol. The summed E-state index contributed by atoms with van der Waals surface area (Å²) in [6.45, 7) is 7.78. The first kappa shape index (κ1) is 13.6. The van der Waals surface area contributed by atoms with Gasteiger partial charge in [0.05, 0.1) is 0 Å². The van der Waals surface area contributed by atoms with Crippen LogP contribution in [0.3, 0.4) is 0 Å². The van der Waals surface area contributed by atoms with Crippen LogP contribution in [0.15, 0.2) is 24.3 Å². The highest BCUT2D eigenvalue weighted by Gasteiger charge is 2.12. The van der Waals surface area contributed by atoms with Gasteiger partial charge in [-0.05, 0) is 57.3 Å². The zero-order valence-corrected chi connectivity index (χ0v) is 11.8. The van der Waals surface area contributed by atoms with Gasteiger partial charge in [-0.25, -0.2) is 0 Å². The largest absolute Gasteiger partial charge is 0.325 e. The van der Waals surface area contributed by atoms with Gasteiger partial charge in [0, 0.05) is 12.1 Å². The van der Waals surface area contributed by atoms with Crippen molar-refractivity contribution < 1.29 is 0 Å². The van der Waals surface area contributed by atoms with E-state index in [-0.39, 0.29) is 5.54 Å². The first-order chi connectivity index (χ1) is 8.53. The number of nitrogens with zero attached hydrogens (tertiary/aromatic N) is 1. The predicted molar refractivity (Wildman–Crippen MR) is 77.5 cm³/mol. The second kappa shape index (κ2) is 5.85. The first-order valence-electron chi connectivity index (χ1n) is 7.12. The molecule has 100 valence electrons. The van der Waals surface area contributed by atoms with Crippen LogP contribution in [0.1, 0.15) is 44.2 Å². The molecule has 1 saturated heterocycles. The van der Waals surface area contributed by atoms with Gasteiger partial charge in [-0.2, -0.15) is 0 Å². The fourth-order valence-corrected chi connectivity index (χ4v) is 2.66. The van der Waals surface area contributed by atoms with Crippen LogP contribution in [0.4, 0.5) is 0 Å². The third kappa shape index (κ3) is 4.43. The van der Waals surface area contributed by atoms with E-state index in [0.717, 1.165) is 13.0 Å². The van der Waals surface area contributed by atoms with E-state index in [2.05, 4.69) is 43.0 Å². The highest BCUT2D eigenvalue weighted by Crippen LogP contribution is 2.15. The van der Waals surface area contributed by atoms with E-state index in [1.807, 2.05) is 0 Å². The summed E-state index contributed by atoms with van der Waals surface area (Å²) in [4.78, 5) is 2.56. The van der Waals surface area contributed by atoms with Crippen molar-refractivity contribution in [3.63, 3.8) is 0 Å². The van der Waals surface area contributed by atoms with Gasteiger partial charge in [0.25, 0.3) is 0 Å². The molecule has 0 aromatic heterocycles. The molecular weight excluding hydrogens is 220 g/mol. The molecule has 18 heavy (non-hydrogen) atoms. The van der Waals surface area contributed by atoms with Crippen molar-refractivity contribution in [2.24, 2.45) is 5.73 Å². The molecule has 2 heteroatoms. The van der Waals surface area contributed by atoms with Crippen molar-refractivity contribution in [2.75, 3.05) is 13.1 Å². The van der Waals surface area contributed by atoms with Crippen molar-refractivity contribution in [1.29, 1.82) is 0 Å². The van der Waals surface area contributed by atoms with Gasteiger partial charge >= 0.3 is 0 Å². The van der Waals surface area contributed by atoms with Crippen LogP contribution in [0.2, 0.25) is 0 Å². The number of rotatable bonds is 4. The molecule has 1 aliphatic heterocycles. The Kier molecular flexibility index (Phi) is 4.41. The van der Waals surface area contributed by atoms with E-state index in [9.17, 15) is 0 Å². The zero-order valence-electron chi connectivity index (χ0n) is 11.8. The van der Waals surface area contributed by atoms with E-state index in [1.54, 1.807) is 0 Å². The lowest BCUT2D eigenvalue weighted by Gasteiger charge is -2.26. The normalized spacial score (nSPS) is 17.9. The molecule has 1 aliphatic rings. The summed E-state index contributed by atoms with van der Waals surface area (Å²) in [7, 11) is 0. The maximum Gasteiger partial charge on any atom is 0.0233 e. The number of nitrogens with two attached hydrogens (primary N) is 1. The van der Waals surface area contributed by atoms with Crippen LogP contribution in [0.25, 0.3) is 0 Å². The maximum atomic E-state index is 6.05. The number of benzene rings is 1. The van der Waals surface area contributed by atoms with Crippen LogP contribution in [-0.4, -0.2) is 23.5 Å². The van der Waals surface area contributed by atoms with E-state index in [4.69, 9.17) is 5.73 Å². The fourth-order valence-electron chi connectivity index (χ4n) is 2.66. The molecule has 0 aliphatic carbocycles. The maximum absolute atomic E-state index is 6.05. The van der Waals surface area contributed by atoms with Crippen molar-refractivity contribution in [3.8, 4) is 0 Å². The highest BCUT2D eigenvalue weighted by atomic mass is 15.1. The van der Waals surface area contributed by atoms with Gasteiger partial charge < -0.3 is 5.73 Å². The number of likely N-dealkylation sites (tertiary alicyclic amines) is 1. The van der Waals surface area contributed by atoms with Crippen molar-refractivity contribution in [2.45, 2.75) is 51.6 Å². The Bertz CT molecular complexity index is 356. The van der Waals surface area contributed by atoms with Crippen LogP contribution >= 0.6 is 0 Å². The summed E-state index contributed by atoms with van der Waals surface area (Å²) in [5, 5.41) is 0. The molecule has 0 saturated carbocycles. The third-order valence-corrected chi connectivity index (χ3v) is 3.54. The Morgan fingerprint density at radius 2 is 1.56 bits per heavy atom. The molecule has 1 fully saturated rings. The third-order valence-electron chi connectivity index (χ3n) is 3.54. The number of hydrogen-bond donors (Lipinski definition) is 1. The van der Waals surface area contributed by atoms with Gasteiger partial charge in [-0.3, -0.25) is 4.90 Å². The van der Waals surface area contributed by atoms with E-state index < -0.39 is 0 Å². The Morgan fingerprint density at radius 3 is 2.11 bits per heavy atom. The summed E-state index contributed by atoms with van der Waals surface area (Å²) >= 11 is 0. The lowest BCUT2D eigenvalue weighted by molar-refractivity contribution is 0.221. The zero-order chi connectivity index (χ0) is 13.0. The fraction of sp³-hybridized carbons (Fsp3) is 0.625. The van der Waals surface area contributed by atoms with Gasteiger partial charge in [-0.15, -0.1) is 0 Å². The molecule has 0 amide bonds. The van der Waals surface area contributed by atoms with Crippen LogP contribution < -0.4 is 5.73 Å². The molecule has 2 rings (SSSR count). The second-order valence-corrected chi connectivity index (χ2v) is 6.32. The Labute approximate surface area is 111 Å². The molecule has 0 bridgehead atoms. The highest BCUT2D eigenvalue weighted by molar-refractivity contribution is 5.23. The van der Waals surface area contributed by atoms with Crippen LogP contribution in [0.5, 0.6) is 0 Å². The topological polar surface area (TPSA) is 29.3 Å². The molecule has 2 N–H and O–H groups in total. The van der Waals surface area contributed by atoms with Crippen LogP contribution in [-0.2, 0) is 13.0 Å². The van der Waals surface area contributed by atoms with Crippen LogP contribution in [0, 0.1) is 0 Å². The van der Waals surface area contributed by atoms with Gasteiger partial charge in [0.2, 0.25) is 0 Å². The van der Waals surface area contributed by atoms with Crippen molar-refractivity contribution in [1.82, 2.24) is 4.90 Å². The Balaban J connectivity index is 1.90. The number of piperidine rings is 1. The van der Waals surface area contributed by atoms with Gasteiger partial charge in [0.15, 0.2) is 0 Å². The van der Waals surface area contributed by atoms with Gasteiger partial charge in [0.1, 0.15) is 0 Å². The van der Waals surface area contributed by atoms with Crippen molar-refractivity contribution in [3.05, 3.63) is 35.4 Å². The predicted octanol–water partition coefficient (Wildman–Crippen LogP) is 2.95. The standard InChI is InChI=1S/C16H26N2/c1-16(2,17)12-14-6-8-15(9-7-14)13-18-10-4-3-5-11-18/h6-9H,3-5,10-13,17H2,1-2H3. The minimum atomic E-state index is -0.117. The molecule has 0 spiro atoms.